The highest BCUT2D eigenvalue weighted by atomic mass is 16.2. The average Bonchev–Trinajstić information content (AvgIpc) is 3.33. The lowest BCUT2D eigenvalue weighted by Crippen LogP contribution is -2.41. The number of nitrogens with zero attached hydrogens (tertiary/aromatic N) is 3. The molecule has 2 heterocycles. The van der Waals surface area contributed by atoms with Crippen molar-refractivity contribution in [3.8, 4) is 0 Å². The van der Waals surface area contributed by atoms with Gasteiger partial charge < -0.3 is 14.7 Å². The van der Waals surface area contributed by atoms with E-state index in [1.807, 2.05) is 9.80 Å². The molecule has 4 rings (SSSR count). The Labute approximate surface area is 175 Å². The minimum absolute atomic E-state index is 0.118. The van der Waals surface area contributed by atoms with Gasteiger partial charge in [0.15, 0.2) is 0 Å². The molecule has 1 aliphatic carbocycles. The summed E-state index contributed by atoms with van der Waals surface area (Å²) in [6.07, 6.45) is 8.41. The van der Waals surface area contributed by atoms with Gasteiger partial charge in [0.25, 0.3) is 0 Å². The number of hydrogen-bond acceptors (Lipinski definition) is 3. The molecule has 1 aromatic rings. The van der Waals surface area contributed by atoms with E-state index in [0.29, 0.717) is 19.0 Å². The van der Waals surface area contributed by atoms with Crippen molar-refractivity contribution in [2.24, 2.45) is 5.92 Å². The molecular formula is C24H35N3O2. The van der Waals surface area contributed by atoms with Crippen LogP contribution in [-0.4, -0.2) is 71.8 Å². The zero-order valence-corrected chi connectivity index (χ0v) is 17.6. The Morgan fingerprint density at radius 2 is 1.76 bits per heavy atom. The van der Waals surface area contributed by atoms with Crippen molar-refractivity contribution < 1.29 is 9.59 Å². The molecule has 29 heavy (non-hydrogen) atoms. The molecule has 5 heteroatoms. The summed E-state index contributed by atoms with van der Waals surface area (Å²) in [5.74, 6) is 0.297. The molecule has 3 fully saturated rings. The van der Waals surface area contributed by atoms with E-state index in [0.717, 1.165) is 64.8 Å². The van der Waals surface area contributed by atoms with Crippen molar-refractivity contribution in [2.45, 2.75) is 57.4 Å². The van der Waals surface area contributed by atoms with Crippen LogP contribution in [0.5, 0.6) is 0 Å². The molecule has 0 spiro atoms. The number of likely N-dealkylation sites (tertiary alicyclic amines) is 1. The van der Waals surface area contributed by atoms with Crippen LogP contribution in [0.15, 0.2) is 30.3 Å². The molecule has 2 saturated heterocycles. The summed E-state index contributed by atoms with van der Waals surface area (Å²) in [7, 11) is 0. The Bertz CT molecular complexity index is 687. The van der Waals surface area contributed by atoms with E-state index in [2.05, 4.69) is 35.2 Å². The van der Waals surface area contributed by atoms with Gasteiger partial charge in [-0.2, -0.15) is 0 Å². The largest absolute Gasteiger partial charge is 0.341 e. The van der Waals surface area contributed by atoms with Gasteiger partial charge in [0.05, 0.1) is 5.92 Å². The molecular weight excluding hydrogens is 362 g/mol. The molecule has 5 nitrogen and oxygen atoms in total. The predicted molar refractivity (Wildman–Crippen MR) is 114 cm³/mol. The van der Waals surface area contributed by atoms with Crippen LogP contribution >= 0.6 is 0 Å². The van der Waals surface area contributed by atoms with Crippen molar-refractivity contribution in [1.29, 1.82) is 0 Å². The molecule has 1 aromatic carbocycles. The number of amides is 2. The van der Waals surface area contributed by atoms with E-state index in [1.165, 1.54) is 18.4 Å². The zero-order chi connectivity index (χ0) is 20.1. The van der Waals surface area contributed by atoms with Gasteiger partial charge in [-0.3, -0.25) is 9.59 Å². The molecule has 1 atom stereocenters. The van der Waals surface area contributed by atoms with E-state index in [9.17, 15) is 9.59 Å². The molecule has 1 saturated carbocycles. The molecule has 0 N–H and O–H groups in total. The van der Waals surface area contributed by atoms with Crippen LogP contribution in [0.1, 0.15) is 50.5 Å². The van der Waals surface area contributed by atoms with Crippen LogP contribution in [0.25, 0.3) is 0 Å². The van der Waals surface area contributed by atoms with Gasteiger partial charge in [0, 0.05) is 38.6 Å². The number of rotatable bonds is 6. The highest BCUT2D eigenvalue weighted by molar-refractivity contribution is 5.89. The minimum atomic E-state index is -0.118. The number of benzene rings is 1. The van der Waals surface area contributed by atoms with Crippen LogP contribution < -0.4 is 0 Å². The third kappa shape index (κ3) is 5.19. The summed E-state index contributed by atoms with van der Waals surface area (Å²) in [5, 5.41) is 0. The number of carbonyl (C=O) groups is 2. The Balaban J connectivity index is 1.23. The first kappa shape index (κ1) is 20.4. The predicted octanol–water partition coefficient (Wildman–Crippen LogP) is 2.94. The molecule has 1 unspecified atom stereocenters. The number of aryl methyl sites for hydroxylation is 1. The molecule has 2 amide bonds. The molecule has 0 bridgehead atoms. The zero-order valence-electron chi connectivity index (χ0n) is 17.6. The quantitative estimate of drug-likeness (QED) is 0.741. The Hall–Kier alpha value is -1.88. The van der Waals surface area contributed by atoms with Crippen molar-refractivity contribution in [2.75, 3.05) is 39.3 Å². The van der Waals surface area contributed by atoms with Gasteiger partial charge >= 0.3 is 0 Å². The Morgan fingerprint density at radius 1 is 0.966 bits per heavy atom. The first-order valence-electron chi connectivity index (χ1n) is 11.6. The molecule has 3 aliphatic rings. The standard InChI is InChI=1S/C24H35N3O2/c28-23-18-21(19-27(23)22-11-4-5-12-22)24(29)26-15-7-14-25(16-17-26)13-6-10-20-8-2-1-3-9-20/h1-3,8-9,21-22H,4-7,10-19H2. The van der Waals surface area contributed by atoms with Crippen molar-refractivity contribution in [3.63, 3.8) is 0 Å². The van der Waals surface area contributed by atoms with Gasteiger partial charge in [-0.15, -0.1) is 0 Å². The van der Waals surface area contributed by atoms with E-state index in [-0.39, 0.29) is 17.7 Å². The second-order valence-electron chi connectivity index (χ2n) is 9.00. The van der Waals surface area contributed by atoms with Crippen molar-refractivity contribution in [1.82, 2.24) is 14.7 Å². The molecule has 0 aromatic heterocycles. The Kier molecular flexibility index (Phi) is 6.86. The second kappa shape index (κ2) is 9.75. The van der Waals surface area contributed by atoms with Gasteiger partial charge in [0.2, 0.25) is 11.8 Å². The summed E-state index contributed by atoms with van der Waals surface area (Å²) in [4.78, 5) is 32.1. The lowest BCUT2D eigenvalue weighted by atomic mass is 10.1. The van der Waals surface area contributed by atoms with Crippen LogP contribution in [0.4, 0.5) is 0 Å². The molecule has 158 valence electrons. The second-order valence-corrected chi connectivity index (χ2v) is 9.00. The minimum Gasteiger partial charge on any atom is -0.341 e. The monoisotopic (exact) mass is 397 g/mol. The van der Waals surface area contributed by atoms with Crippen LogP contribution in [0, 0.1) is 5.92 Å². The fourth-order valence-electron chi connectivity index (χ4n) is 5.29. The topological polar surface area (TPSA) is 43.9 Å². The first-order chi connectivity index (χ1) is 14.2. The van der Waals surface area contributed by atoms with Gasteiger partial charge in [-0.1, -0.05) is 43.2 Å². The fraction of sp³-hybridized carbons (Fsp3) is 0.667. The first-order valence-corrected chi connectivity index (χ1v) is 11.6. The highest BCUT2D eigenvalue weighted by Gasteiger charge is 2.40. The SMILES string of the molecule is O=C(C1CC(=O)N(C2CCCC2)C1)N1CCCN(CCCc2ccccc2)CC1. The summed E-state index contributed by atoms with van der Waals surface area (Å²) >= 11 is 0. The summed E-state index contributed by atoms with van der Waals surface area (Å²) in [6, 6.07) is 11.1. The van der Waals surface area contributed by atoms with E-state index >= 15 is 0 Å². The van der Waals surface area contributed by atoms with Crippen molar-refractivity contribution in [3.05, 3.63) is 35.9 Å². The summed E-state index contributed by atoms with van der Waals surface area (Å²) in [6.45, 7) is 5.40. The molecule has 2 aliphatic heterocycles. The smallest absolute Gasteiger partial charge is 0.228 e. The lowest BCUT2D eigenvalue weighted by Gasteiger charge is -2.26. The van der Waals surface area contributed by atoms with Crippen LogP contribution in [0.2, 0.25) is 0 Å². The fourth-order valence-corrected chi connectivity index (χ4v) is 5.29. The van der Waals surface area contributed by atoms with Crippen LogP contribution in [0.3, 0.4) is 0 Å². The third-order valence-electron chi connectivity index (χ3n) is 6.96. The van der Waals surface area contributed by atoms with Gasteiger partial charge in [-0.05, 0) is 50.8 Å². The third-order valence-corrected chi connectivity index (χ3v) is 6.96. The average molecular weight is 398 g/mol. The van der Waals surface area contributed by atoms with Crippen LogP contribution in [-0.2, 0) is 16.0 Å². The van der Waals surface area contributed by atoms with Gasteiger partial charge in [-0.25, -0.2) is 0 Å². The summed E-state index contributed by atoms with van der Waals surface area (Å²) in [5.41, 5.74) is 1.40. The number of carbonyl (C=O) groups excluding carboxylic acids is 2. The van der Waals surface area contributed by atoms with E-state index < -0.39 is 0 Å². The maximum Gasteiger partial charge on any atom is 0.228 e. The normalized spacial score (nSPS) is 24.3. The van der Waals surface area contributed by atoms with Crippen molar-refractivity contribution >= 4 is 11.8 Å². The number of hydrogen-bond donors (Lipinski definition) is 0. The maximum absolute atomic E-state index is 13.1. The lowest BCUT2D eigenvalue weighted by molar-refractivity contribution is -0.135. The molecule has 0 radical (unpaired) electrons. The maximum atomic E-state index is 13.1. The Morgan fingerprint density at radius 3 is 2.55 bits per heavy atom. The van der Waals surface area contributed by atoms with E-state index in [4.69, 9.17) is 0 Å². The highest BCUT2D eigenvalue weighted by Crippen LogP contribution is 2.30. The van der Waals surface area contributed by atoms with E-state index in [1.54, 1.807) is 0 Å². The van der Waals surface area contributed by atoms with Gasteiger partial charge in [0.1, 0.15) is 0 Å². The summed E-state index contributed by atoms with van der Waals surface area (Å²) < 4.78 is 0.